The van der Waals surface area contributed by atoms with E-state index in [0.717, 1.165) is 17.2 Å². The molecule has 13 nitrogen and oxygen atoms in total. The summed E-state index contributed by atoms with van der Waals surface area (Å²) < 4.78 is 7.69. The van der Waals surface area contributed by atoms with Crippen molar-refractivity contribution in [3.05, 3.63) is 52.8 Å². The summed E-state index contributed by atoms with van der Waals surface area (Å²) in [6, 6.07) is 2.62. The van der Waals surface area contributed by atoms with Crippen LogP contribution < -0.4 is 15.6 Å². The molecule has 1 saturated heterocycles. The molecule has 16 heteroatoms. The largest absolute Gasteiger partial charge is 0.477 e. The Hall–Kier alpha value is -3.69. The average Bonchev–Trinajstić information content (AvgIpc) is 3.47. The van der Waals surface area contributed by atoms with Gasteiger partial charge in [-0.05, 0) is 13.0 Å². The maximum atomic E-state index is 13.1. The predicted octanol–water partition coefficient (Wildman–Crippen LogP) is 0.493. The first-order valence-electron chi connectivity index (χ1n) is 10.9. The zero-order valence-corrected chi connectivity index (χ0v) is 21.6. The number of carbonyl (C=O) groups excluding carboxylic acids is 2. The lowest BCUT2D eigenvalue weighted by Crippen LogP contribution is -2.71. The van der Waals surface area contributed by atoms with Crippen molar-refractivity contribution in [2.24, 2.45) is 5.16 Å². The molecular formula is C21H20ClN8O5S2+. The molecule has 2 aliphatic heterocycles. The van der Waals surface area contributed by atoms with Crippen LogP contribution in [-0.4, -0.2) is 71.0 Å². The van der Waals surface area contributed by atoms with Crippen LogP contribution in [0.2, 0.25) is 5.02 Å². The molecule has 1 fully saturated rings. The number of imidazole rings is 1. The fourth-order valence-corrected chi connectivity index (χ4v) is 6.01. The Kier molecular flexibility index (Phi) is 6.74. The minimum Gasteiger partial charge on any atom is -0.477 e. The van der Waals surface area contributed by atoms with Gasteiger partial charge < -0.3 is 21.0 Å². The second-order valence-electron chi connectivity index (χ2n) is 7.97. The Morgan fingerprint density at radius 3 is 2.95 bits per heavy atom. The van der Waals surface area contributed by atoms with Gasteiger partial charge in [0.05, 0.1) is 5.02 Å². The van der Waals surface area contributed by atoms with Crippen LogP contribution in [0.5, 0.6) is 0 Å². The number of oxime groups is 1. The van der Waals surface area contributed by atoms with Crippen molar-refractivity contribution in [3.63, 3.8) is 0 Å². The maximum Gasteiger partial charge on any atom is 0.352 e. The molecule has 0 aromatic carbocycles. The summed E-state index contributed by atoms with van der Waals surface area (Å²) in [6.07, 6.45) is 5.37. The number of β-lactam (4-membered cyclic amide) rings is 1. The van der Waals surface area contributed by atoms with Gasteiger partial charge in [0.25, 0.3) is 17.5 Å². The highest BCUT2D eigenvalue weighted by molar-refractivity contribution is 8.00. The lowest BCUT2D eigenvalue weighted by molar-refractivity contribution is -0.662. The van der Waals surface area contributed by atoms with Gasteiger partial charge in [-0.1, -0.05) is 16.8 Å². The van der Waals surface area contributed by atoms with Crippen molar-refractivity contribution in [1.29, 1.82) is 0 Å². The van der Waals surface area contributed by atoms with Crippen molar-refractivity contribution < 1.29 is 28.9 Å². The number of nitrogen functional groups attached to an aromatic ring is 1. The second-order valence-corrected chi connectivity index (χ2v) is 10.3. The minimum absolute atomic E-state index is 0.0279. The minimum atomic E-state index is -1.22. The monoisotopic (exact) mass is 563 g/mol. The van der Waals surface area contributed by atoms with Gasteiger partial charge in [0.15, 0.2) is 5.13 Å². The highest BCUT2D eigenvalue weighted by atomic mass is 35.5. The van der Waals surface area contributed by atoms with Crippen molar-refractivity contribution in [3.8, 4) is 0 Å². The summed E-state index contributed by atoms with van der Waals surface area (Å²) in [6.45, 7) is 2.15. The van der Waals surface area contributed by atoms with Crippen LogP contribution in [0.1, 0.15) is 12.7 Å². The van der Waals surface area contributed by atoms with Gasteiger partial charge >= 0.3 is 5.97 Å². The normalized spacial score (nSPS) is 19.6. The van der Waals surface area contributed by atoms with E-state index in [1.54, 1.807) is 19.2 Å². The van der Waals surface area contributed by atoms with Crippen LogP contribution in [0.15, 0.2) is 47.1 Å². The molecular weight excluding hydrogens is 544 g/mol. The molecule has 3 aromatic rings. The summed E-state index contributed by atoms with van der Waals surface area (Å²) in [4.78, 5) is 48.5. The smallest absolute Gasteiger partial charge is 0.352 e. The number of nitrogens with zero attached hydrogens (tertiary/aromatic N) is 6. The third-order valence-electron chi connectivity index (χ3n) is 5.67. The van der Waals surface area contributed by atoms with E-state index >= 15 is 0 Å². The Balaban J connectivity index is 1.37. The number of halogens is 1. The number of carbonyl (C=O) groups is 3. The molecule has 37 heavy (non-hydrogen) atoms. The molecule has 5 rings (SSSR count). The van der Waals surface area contributed by atoms with Gasteiger partial charge in [-0.25, -0.2) is 13.8 Å². The molecule has 0 aliphatic carbocycles. The molecule has 0 spiro atoms. The average molecular weight is 564 g/mol. The Morgan fingerprint density at radius 2 is 2.24 bits per heavy atom. The van der Waals surface area contributed by atoms with Crippen LogP contribution in [-0.2, 0) is 25.8 Å². The molecule has 5 heterocycles. The maximum absolute atomic E-state index is 13.1. The highest BCUT2D eigenvalue weighted by Gasteiger charge is 2.54. The molecule has 2 amide bonds. The summed E-state index contributed by atoms with van der Waals surface area (Å²) in [5.41, 5.74) is 6.69. The molecule has 0 bridgehead atoms. The molecule has 0 unspecified atom stereocenters. The summed E-state index contributed by atoms with van der Waals surface area (Å²) in [5, 5.41) is 16.5. The first-order valence-corrected chi connectivity index (χ1v) is 13.1. The number of rotatable bonds is 8. The molecule has 0 saturated carbocycles. The number of carboxylic acids is 1. The number of aliphatic carboxylic acids is 1. The standard InChI is InChI=1S/C21H19ClN8O5S2/c1-2-35-26-13(16-25-21(23)37-27-16)17(31)24-14-18(32)30-15(20(33)34)10(9-36-19(14)30)7-28-5-6-29-8-11(22)3-4-12(28)29/h3-6,8,14,19H,2,7,9H2,1H3,(H3-,23,24,25,27,31,33,34)/p+1/t14-,19+/m1/s1. The fraction of sp³-hybridized carbons (Fsp3) is 0.286. The lowest BCUT2D eigenvalue weighted by atomic mass is 10.0. The molecule has 192 valence electrons. The van der Waals surface area contributed by atoms with E-state index in [9.17, 15) is 19.5 Å². The highest BCUT2D eigenvalue weighted by Crippen LogP contribution is 2.40. The molecule has 0 radical (unpaired) electrons. The van der Waals surface area contributed by atoms with Crippen molar-refractivity contribution >= 4 is 69.2 Å². The van der Waals surface area contributed by atoms with E-state index in [4.69, 9.17) is 22.2 Å². The van der Waals surface area contributed by atoms with Crippen LogP contribution in [0.25, 0.3) is 5.65 Å². The van der Waals surface area contributed by atoms with E-state index in [0.29, 0.717) is 16.3 Å². The van der Waals surface area contributed by atoms with E-state index < -0.39 is 29.2 Å². The number of nitrogens with one attached hydrogen (secondary N) is 1. The van der Waals surface area contributed by atoms with Gasteiger partial charge in [-0.3, -0.25) is 14.5 Å². The lowest BCUT2D eigenvalue weighted by Gasteiger charge is -2.49. The summed E-state index contributed by atoms with van der Waals surface area (Å²) in [5.74, 6) is -2.16. The Labute approximate surface area is 222 Å². The van der Waals surface area contributed by atoms with Gasteiger partial charge in [-0.2, -0.15) is 9.36 Å². The predicted molar refractivity (Wildman–Crippen MR) is 135 cm³/mol. The number of fused-ring (bicyclic) bond motifs is 2. The van der Waals surface area contributed by atoms with Gasteiger partial charge in [-0.15, -0.1) is 11.8 Å². The van der Waals surface area contributed by atoms with Crippen LogP contribution in [0.3, 0.4) is 0 Å². The number of nitrogens with two attached hydrogens (primary N) is 1. The molecule has 3 aromatic heterocycles. The van der Waals surface area contributed by atoms with Crippen LogP contribution in [0, 0.1) is 0 Å². The molecule has 4 N–H and O–H groups in total. The first-order chi connectivity index (χ1) is 17.8. The number of thioether (sulfide) groups is 1. The number of hydrogen-bond donors (Lipinski definition) is 3. The van der Waals surface area contributed by atoms with Crippen LogP contribution >= 0.6 is 34.9 Å². The quantitative estimate of drug-likeness (QED) is 0.153. The number of carboxylic acid groups (broad SMARTS) is 1. The van der Waals surface area contributed by atoms with Gasteiger partial charge in [0.1, 0.15) is 48.9 Å². The van der Waals surface area contributed by atoms with Crippen molar-refractivity contribution in [2.75, 3.05) is 18.1 Å². The number of anilines is 1. The summed E-state index contributed by atoms with van der Waals surface area (Å²) >= 11 is 8.30. The zero-order valence-electron chi connectivity index (χ0n) is 19.2. The van der Waals surface area contributed by atoms with E-state index in [2.05, 4.69) is 19.8 Å². The Morgan fingerprint density at radius 1 is 1.43 bits per heavy atom. The van der Waals surface area contributed by atoms with Gasteiger partial charge in [0.2, 0.25) is 11.5 Å². The van der Waals surface area contributed by atoms with Gasteiger partial charge in [0, 0.05) is 28.9 Å². The first kappa shape index (κ1) is 25.0. The van der Waals surface area contributed by atoms with Crippen LogP contribution in [0.4, 0.5) is 5.13 Å². The topological polar surface area (TPSA) is 168 Å². The van der Waals surface area contributed by atoms with E-state index in [1.807, 2.05) is 27.4 Å². The van der Waals surface area contributed by atoms with E-state index in [1.165, 1.54) is 16.7 Å². The summed E-state index contributed by atoms with van der Waals surface area (Å²) in [7, 11) is 0. The third-order valence-corrected chi connectivity index (χ3v) is 7.78. The SMILES string of the molecule is CCON=C(C(=O)N[C@@H]1C(=O)N2C(C(=O)O)=C(C[n+]3ccn4cc(Cl)ccc43)CS[C@@H]12)c1nsc(N)n1. The number of hydrogen-bond acceptors (Lipinski definition) is 10. The molecule has 2 atom stereocenters. The number of amides is 2. The van der Waals surface area contributed by atoms with Crippen molar-refractivity contribution in [2.45, 2.75) is 24.9 Å². The third kappa shape index (κ3) is 4.60. The Bertz CT molecular complexity index is 1480. The van der Waals surface area contributed by atoms with Crippen molar-refractivity contribution in [1.82, 2.24) is 24.0 Å². The number of pyridine rings is 1. The number of aromatic nitrogens is 4. The van der Waals surface area contributed by atoms with E-state index in [-0.39, 0.29) is 35.5 Å². The molecule has 2 aliphatic rings. The second kappa shape index (κ2) is 9.99. The zero-order chi connectivity index (χ0) is 26.3. The fourth-order valence-electron chi connectivity index (χ4n) is 4.07.